The van der Waals surface area contributed by atoms with E-state index in [1.54, 1.807) is 12.1 Å². The topological polar surface area (TPSA) is 24.9 Å². The molecule has 0 saturated heterocycles. The van der Waals surface area contributed by atoms with Crippen LogP contribution in [0.25, 0.3) is 0 Å². The lowest BCUT2D eigenvalue weighted by Gasteiger charge is -2.15. The van der Waals surface area contributed by atoms with Gasteiger partial charge < -0.3 is 5.32 Å². The van der Waals surface area contributed by atoms with Crippen LogP contribution < -0.4 is 5.32 Å². The Labute approximate surface area is 119 Å². The molecule has 1 unspecified atom stereocenters. The van der Waals surface area contributed by atoms with E-state index in [-0.39, 0.29) is 17.7 Å². The summed E-state index contributed by atoms with van der Waals surface area (Å²) in [4.78, 5) is 3.98. The SMILES string of the molecule is CC(Cc1ccc(F)cc1)Nc1ncc(Br)cc1F. The number of nitrogens with zero attached hydrogens (tertiary/aromatic N) is 1. The molecule has 2 rings (SSSR count). The van der Waals surface area contributed by atoms with Crippen LogP contribution in [-0.2, 0) is 6.42 Å². The summed E-state index contributed by atoms with van der Waals surface area (Å²) in [6.45, 7) is 1.92. The van der Waals surface area contributed by atoms with Gasteiger partial charge in [-0.25, -0.2) is 13.8 Å². The molecule has 0 saturated carbocycles. The second-order valence-corrected chi connectivity index (χ2v) is 5.28. The Balaban J connectivity index is 2.01. The minimum atomic E-state index is -0.402. The molecule has 0 spiro atoms. The molecule has 1 aromatic heterocycles. The summed E-state index contributed by atoms with van der Waals surface area (Å²) in [5.74, 6) is -0.442. The van der Waals surface area contributed by atoms with Gasteiger partial charge in [-0.15, -0.1) is 0 Å². The van der Waals surface area contributed by atoms with Crippen LogP contribution in [0.3, 0.4) is 0 Å². The Bertz CT molecular complexity index is 558. The molecule has 0 radical (unpaired) electrons. The molecular weight excluding hydrogens is 314 g/mol. The van der Waals surface area contributed by atoms with Gasteiger partial charge in [-0.3, -0.25) is 0 Å². The molecule has 19 heavy (non-hydrogen) atoms. The van der Waals surface area contributed by atoms with Crippen molar-refractivity contribution in [3.8, 4) is 0 Å². The highest BCUT2D eigenvalue weighted by molar-refractivity contribution is 9.10. The number of halogens is 3. The standard InChI is InChI=1S/C14H13BrF2N2/c1-9(6-10-2-4-12(16)5-3-10)19-14-13(17)7-11(15)8-18-14/h2-5,7-9H,6H2,1H3,(H,18,19). The zero-order valence-electron chi connectivity index (χ0n) is 10.3. The largest absolute Gasteiger partial charge is 0.365 e. The first-order valence-electron chi connectivity index (χ1n) is 5.86. The number of benzene rings is 1. The van der Waals surface area contributed by atoms with Crippen molar-refractivity contribution < 1.29 is 8.78 Å². The summed E-state index contributed by atoms with van der Waals surface area (Å²) in [5.41, 5.74) is 0.985. The molecule has 2 aromatic rings. The summed E-state index contributed by atoms with van der Waals surface area (Å²) < 4.78 is 27.0. The normalized spacial score (nSPS) is 12.2. The number of pyridine rings is 1. The van der Waals surface area contributed by atoms with Gasteiger partial charge in [0.15, 0.2) is 11.6 Å². The molecule has 0 aliphatic rings. The number of rotatable bonds is 4. The number of aromatic nitrogens is 1. The maximum absolute atomic E-state index is 13.6. The Morgan fingerprint density at radius 1 is 1.26 bits per heavy atom. The smallest absolute Gasteiger partial charge is 0.166 e. The Kier molecular flexibility index (Phi) is 4.47. The molecule has 1 heterocycles. The summed E-state index contributed by atoms with van der Waals surface area (Å²) in [6.07, 6.45) is 2.20. The van der Waals surface area contributed by atoms with Crippen LogP contribution in [0.1, 0.15) is 12.5 Å². The number of hydrogen-bond donors (Lipinski definition) is 1. The van der Waals surface area contributed by atoms with E-state index >= 15 is 0 Å². The van der Waals surface area contributed by atoms with Crippen molar-refractivity contribution in [2.75, 3.05) is 5.32 Å². The summed E-state index contributed by atoms with van der Waals surface area (Å²) in [7, 11) is 0. The summed E-state index contributed by atoms with van der Waals surface area (Å²) >= 11 is 3.16. The van der Waals surface area contributed by atoms with Crippen molar-refractivity contribution in [2.24, 2.45) is 0 Å². The number of anilines is 1. The molecule has 0 fully saturated rings. The van der Waals surface area contributed by atoms with Gasteiger partial charge in [0.05, 0.1) is 0 Å². The van der Waals surface area contributed by atoms with Crippen molar-refractivity contribution in [2.45, 2.75) is 19.4 Å². The zero-order valence-corrected chi connectivity index (χ0v) is 11.9. The molecule has 0 aliphatic carbocycles. The lowest BCUT2D eigenvalue weighted by Crippen LogP contribution is -2.19. The van der Waals surface area contributed by atoms with Crippen LogP contribution in [0.4, 0.5) is 14.6 Å². The van der Waals surface area contributed by atoms with E-state index in [0.717, 1.165) is 5.56 Å². The number of nitrogens with one attached hydrogen (secondary N) is 1. The average molecular weight is 327 g/mol. The van der Waals surface area contributed by atoms with Crippen LogP contribution >= 0.6 is 15.9 Å². The van der Waals surface area contributed by atoms with Crippen LogP contribution in [0.15, 0.2) is 41.0 Å². The summed E-state index contributed by atoms with van der Waals surface area (Å²) in [5, 5.41) is 3.00. The van der Waals surface area contributed by atoms with Gasteiger partial charge in [0.1, 0.15) is 5.82 Å². The number of hydrogen-bond acceptors (Lipinski definition) is 2. The highest BCUT2D eigenvalue weighted by Crippen LogP contribution is 2.17. The van der Waals surface area contributed by atoms with Crippen LogP contribution in [0, 0.1) is 11.6 Å². The highest BCUT2D eigenvalue weighted by atomic mass is 79.9. The first-order valence-corrected chi connectivity index (χ1v) is 6.66. The lowest BCUT2D eigenvalue weighted by molar-refractivity contribution is 0.617. The third-order valence-corrected chi connectivity index (χ3v) is 3.08. The average Bonchev–Trinajstić information content (AvgIpc) is 2.36. The first kappa shape index (κ1) is 13.9. The van der Waals surface area contributed by atoms with Crippen LogP contribution in [0.2, 0.25) is 0 Å². The van der Waals surface area contributed by atoms with Gasteiger partial charge >= 0.3 is 0 Å². The van der Waals surface area contributed by atoms with E-state index in [9.17, 15) is 8.78 Å². The fourth-order valence-corrected chi connectivity index (χ4v) is 2.08. The molecule has 0 bridgehead atoms. The van der Waals surface area contributed by atoms with Crippen molar-refractivity contribution in [3.63, 3.8) is 0 Å². The second-order valence-electron chi connectivity index (χ2n) is 4.36. The maximum Gasteiger partial charge on any atom is 0.166 e. The van der Waals surface area contributed by atoms with E-state index in [4.69, 9.17) is 0 Å². The third kappa shape index (κ3) is 3.99. The molecule has 100 valence electrons. The summed E-state index contributed by atoms with van der Waals surface area (Å²) in [6, 6.07) is 7.63. The van der Waals surface area contributed by atoms with Crippen LogP contribution in [-0.4, -0.2) is 11.0 Å². The quantitative estimate of drug-likeness (QED) is 0.912. The van der Waals surface area contributed by atoms with Gasteiger partial charge in [-0.1, -0.05) is 12.1 Å². The lowest BCUT2D eigenvalue weighted by atomic mass is 10.1. The van der Waals surface area contributed by atoms with Gasteiger partial charge in [0, 0.05) is 16.7 Å². The Morgan fingerprint density at radius 2 is 1.95 bits per heavy atom. The van der Waals surface area contributed by atoms with E-state index in [0.29, 0.717) is 10.9 Å². The predicted octanol–water partition coefficient (Wildman–Crippen LogP) is 4.17. The van der Waals surface area contributed by atoms with Crippen molar-refractivity contribution in [3.05, 3.63) is 58.2 Å². The maximum atomic E-state index is 13.6. The molecule has 0 amide bonds. The van der Waals surface area contributed by atoms with Gasteiger partial charge in [0.25, 0.3) is 0 Å². The molecule has 1 atom stereocenters. The molecule has 5 heteroatoms. The fourth-order valence-electron chi connectivity index (χ4n) is 1.78. The van der Waals surface area contributed by atoms with E-state index in [1.807, 2.05) is 6.92 Å². The van der Waals surface area contributed by atoms with Gasteiger partial charge in [-0.2, -0.15) is 0 Å². The molecule has 0 aliphatic heterocycles. The fraction of sp³-hybridized carbons (Fsp3) is 0.214. The van der Waals surface area contributed by atoms with Crippen LogP contribution in [0.5, 0.6) is 0 Å². The van der Waals surface area contributed by atoms with Crippen molar-refractivity contribution >= 4 is 21.7 Å². The van der Waals surface area contributed by atoms with Gasteiger partial charge in [0.2, 0.25) is 0 Å². The van der Waals surface area contributed by atoms with E-state index in [2.05, 4.69) is 26.2 Å². The van der Waals surface area contributed by atoms with Crippen molar-refractivity contribution in [1.29, 1.82) is 0 Å². The molecular formula is C14H13BrF2N2. The van der Waals surface area contributed by atoms with E-state index < -0.39 is 5.82 Å². The molecule has 1 N–H and O–H groups in total. The first-order chi connectivity index (χ1) is 9.04. The minimum absolute atomic E-state index is 0.00589. The van der Waals surface area contributed by atoms with Crippen molar-refractivity contribution in [1.82, 2.24) is 4.98 Å². The zero-order chi connectivity index (χ0) is 13.8. The highest BCUT2D eigenvalue weighted by Gasteiger charge is 2.09. The van der Waals surface area contributed by atoms with E-state index in [1.165, 1.54) is 24.4 Å². The molecule has 1 aromatic carbocycles. The monoisotopic (exact) mass is 326 g/mol. The minimum Gasteiger partial charge on any atom is -0.365 e. The third-order valence-electron chi connectivity index (χ3n) is 2.65. The Morgan fingerprint density at radius 3 is 2.58 bits per heavy atom. The second kappa shape index (κ2) is 6.10. The Hall–Kier alpha value is -1.49. The predicted molar refractivity (Wildman–Crippen MR) is 75.1 cm³/mol. The molecule has 2 nitrogen and oxygen atoms in total. The van der Waals surface area contributed by atoms with Gasteiger partial charge in [-0.05, 0) is 53.0 Å².